The highest BCUT2D eigenvalue weighted by Crippen LogP contribution is 2.23. The molecule has 0 aliphatic heterocycles. The van der Waals surface area contributed by atoms with Crippen LogP contribution in [0.3, 0.4) is 0 Å². The summed E-state index contributed by atoms with van der Waals surface area (Å²) in [5.41, 5.74) is 2.78. The number of hydrogen-bond donors (Lipinski definition) is 1. The predicted molar refractivity (Wildman–Crippen MR) is 80.3 cm³/mol. The zero-order valence-corrected chi connectivity index (χ0v) is 12.2. The van der Waals surface area contributed by atoms with Crippen LogP contribution in [0.4, 0.5) is 10.2 Å². The molecule has 20 heavy (non-hydrogen) atoms. The van der Waals surface area contributed by atoms with Gasteiger partial charge in [-0.3, -0.25) is 0 Å². The number of hydrogen-bond acceptors (Lipinski definition) is 3. The summed E-state index contributed by atoms with van der Waals surface area (Å²) in [5.74, 6) is 1.15. The van der Waals surface area contributed by atoms with E-state index in [4.69, 9.17) is 0 Å². The lowest BCUT2D eigenvalue weighted by Gasteiger charge is -2.13. The first-order valence-corrected chi connectivity index (χ1v) is 7.03. The normalized spacial score (nSPS) is 10.6. The zero-order chi connectivity index (χ0) is 14.5. The van der Waals surface area contributed by atoms with Gasteiger partial charge in [0.2, 0.25) is 0 Å². The van der Waals surface area contributed by atoms with Gasteiger partial charge in [-0.05, 0) is 31.9 Å². The minimum atomic E-state index is -0.271. The van der Waals surface area contributed by atoms with Gasteiger partial charge in [-0.1, -0.05) is 26.0 Å². The Kier molecular flexibility index (Phi) is 4.66. The van der Waals surface area contributed by atoms with Crippen molar-refractivity contribution in [3.05, 3.63) is 41.3 Å². The summed E-state index contributed by atoms with van der Waals surface area (Å²) >= 11 is 0. The van der Waals surface area contributed by atoms with Crippen LogP contribution in [0.5, 0.6) is 0 Å². The van der Waals surface area contributed by atoms with E-state index in [-0.39, 0.29) is 5.82 Å². The Morgan fingerprint density at radius 2 is 2.00 bits per heavy atom. The number of anilines is 1. The summed E-state index contributed by atoms with van der Waals surface area (Å²) < 4.78 is 13.3. The van der Waals surface area contributed by atoms with Crippen LogP contribution in [0.15, 0.2) is 24.3 Å². The van der Waals surface area contributed by atoms with E-state index in [9.17, 15) is 4.39 Å². The minimum absolute atomic E-state index is 0.271. The smallest absolute Gasteiger partial charge is 0.161 e. The molecule has 0 saturated heterocycles. The number of benzene rings is 1. The molecule has 0 unspecified atom stereocenters. The second-order valence-electron chi connectivity index (χ2n) is 4.76. The molecule has 0 saturated carbocycles. The van der Waals surface area contributed by atoms with Crippen LogP contribution in [0.1, 0.15) is 31.5 Å². The molecule has 2 aromatic rings. The van der Waals surface area contributed by atoms with Gasteiger partial charge in [-0.25, -0.2) is 14.4 Å². The molecule has 4 heteroatoms. The van der Waals surface area contributed by atoms with Crippen LogP contribution in [-0.2, 0) is 6.42 Å². The fourth-order valence-corrected chi connectivity index (χ4v) is 2.08. The van der Waals surface area contributed by atoms with E-state index in [0.29, 0.717) is 11.4 Å². The number of aromatic nitrogens is 2. The molecule has 1 aromatic heterocycles. The summed E-state index contributed by atoms with van der Waals surface area (Å²) in [6.45, 7) is 7.06. The number of nitrogens with one attached hydrogen (secondary N) is 1. The van der Waals surface area contributed by atoms with Crippen molar-refractivity contribution in [2.24, 2.45) is 0 Å². The number of aryl methyl sites for hydroxylation is 1. The van der Waals surface area contributed by atoms with Crippen LogP contribution in [0.2, 0.25) is 0 Å². The number of nitrogens with zero attached hydrogens (tertiary/aromatic N) is 2. The first-order valence-electron chi connectivity index (χ1n) is 7.03. The standard InChI is InChI=1S/C16H20FN3/c1-4-9-18-15-11(3)14(5-2)19-16(20-15)12-7-6-8-13(17)10-12/h6-8,10H,4-5,9H2,1-3H3,(H,18,19,20). The van der Waals surface area contributed by atoms with Gasteiger partial charge in [-0.15, -0.1) is 0 Å². The van der Waals surface area contributed by atoms with Gasteiger partial charge in [-0.2, -0.15) is 0 Å². The summed E-state index contributed by atoms with van der Waals surface area (Å²) in [7, 11) is 0. The molecule has 1 aromatic carbocycles. The Morgan fingerprint density at radius 3 is 2.65 bits per heavy atom. The maximum atomic E-state index is 13.3. The molecule has 0 amide bonds. The van der Waals surface area contributed by atoms with Crippen molar-refractivity contribution in [3.8, 4) is 11.4 Å². The van der Waals surface area contributed by atoms with Crippen LogP contribution in [0.25, 0.3) is 11.4 Å². The minimum Gasteiger partial charge on any atom is -0.370 e. The molecule has 0 fully saturated rings. The van der Waals surface area contributed by atoms with Gasteiger partial charge < -0.3 is 5.32 Å². The van der Waals surface area contributed by atoms with E-state index in [1.165, 1.54) is 12.1 Å². The van der Waals surface area contributed by atoms with Crippen molar-refractivity contribution in [1.29, 1.82) is 0 Å². The topological polar surface area (TPSA) is 37.8 Å². The van der Waals surface area contributed by atoms with Crippen molar-refractivity contribution in [2.75, 3.05) is 11.9 Å². The Morgan fingerprint density at radius 1 is 1.20 bits per heavy atom. The van der Waals surface area contributed by atoms with Crippen LogP contribution in [0, 0.1) is 12.7 Å². The summed E-state index contributed by atoms with van der Waals surface area (Å²) in [4.78, 5) is 9.09. The Hall–Kier alpha value is -1.97. The van der Waals surface area contributed by atoms with Crippen molar-refractivity contribution in [3.63, 3.8) is 0 Å². The van der Waals surface area contributed by atoms with E-state index in [1.54, 1.807) is 6.07 Å². The maximum absolute atomic E-state index is 13.3. The quantitative estimate of drug-likeness (QED) is 0.895. The molecule has 106 valence electrons. The van der Waals surface area contributed by atoms with Crippen molar-refractivity contribution in [1.82, 2.24) is 9.97 Å². The van der Waals surface area contributed by atoms with Crippen molar-refractivity contribution >= 4 is 5.82 Å². The molecular formula is C16H20FN3. The average Bonchev–Trinajstić information content (AvgIpc) is 2.46. The van der Waals surface area contributed by atoms with Gasteiger partial charge in [0.25, 0.3) is 0 Å². The van der Waals surface area contributed by atoms with E-state index >= 15 is 0 Å². The first kappa shape index (κ1) is 14.4. The van der Waals surface area contributed by atoms with E-state index in [0.717, 1.165) is 36.5 Å². The van der Waals surface area contributed by atoms with Gasteiger partial charge in [0.15, 0.2) is 5.82 Å². The second-order valence-corrected chi connectivity index (χ2v) is 4.76. The molecule has 0 radical (unpaired) electrons. The monoisotopic (exact) mass is 273 g/mol. The summed E-state index contributed by atoms with van der Waals surface area (Å²) in [6.07, 6.45) is 1.86. The lowest BCUT2D eigenvalue weighted by atomic mass is 10.1. The summed E-state index contributed by atoms with van der Waals surface area (Å²) in [6, 6.07) is 6.40. The number of rotatable bonds is 5. The maximum Gasteiger partial charge on any atom is 0.161 e. The van der Waals surface area contributed by atoms with Crippen LogP contribution >= 0.6 is 0 Å². The number of halogens is 1. The molecule has 0 spiro atoms. The lowest BCUT2D eigenvalue weighted by Crippen LogP contribution is -2.08. The van der Waals surface area contributed by atoms with Gasteiger partial charge in [0, 0.05) is 23.4 Å². The second kappa shape index (κ2) is 6.46. The summed E-state index contributed by atoms with van der Waals surface area (Å²) in [5, 5.41) is 3.32. The van der Waals surface area contributed by atoms with Gasteiger partial charge >= 0.3 is 0 Å². The SMILES string of the molecule is CCCNc1nc(-c2cccc(F)c2)nc(CC)c1C. The Bertz CT molecular complexity index is 596. The third kappa shape index (κ3) is 3.13. The predicted octanol–water partition coefficient (Wildman–Crippen LogP) is 3.98. The molecule has 1 N–H and O–H groups in total. The molecule has 3 nitrogen and oxygen atoms in total. The fourth-order valence-electron chi connectivity index (χ4n) is 2.08. The molecule has 0 atom stereocenters. The first-order chi connectivity index (χ1) is 9.65. The Labute approximate surface area is 119 Å². The molecule has 0 bridgehead atoms. The van der Waals surface area contributed by atoms with Gasteiger partial charge in [0.05, 0.1) is 0 Å². The molecular weight excluding hydrogens is 253 g/mol. The highest BCUT2D eigenvalue weighted by Gasteiger charge is 2.11. The van der Waals surface area contributed by atoms with E-state index in [2.05, 4.69) is 29.1 Å². The molecule has 1 heterocycles. The average molecular weight is 273 g/mol. The molecule has 0 aliphatic rings. The van der Waals surface area contributed by atoms with Gasteiger partial charge in [0.1, 0.15) is 11.6 Å². The van der Waals surface area contributed by atoms with E-state index < -0.39 is 0 Å². The highest BCUT2D eigenvalue weighted by atomic mass is 19.1. The third-order valence-electron chi connectivity index (χ3n) is 3.21. The van der Waals surface area contributed by atoms with Crippen LogP contribution < -0.4 is 5.32 Å². The zero-order valence-electron chi connectivity index (χ0n) is 12.2. The largest absolute Gasteiger partial charge is 0.370 e. The van der Waals surface area contributed by atoms with Crippen LogP contribution in [-0.4, -0.2) is 16.5 Å². The molecule has 2 rings (SSSR count). The van der Waals surface area contributed by atoms with Crippen molar-refractivity contribution in [2.45, 2.75) is 33.6 Å². The molecule has 0 aliphatic carbocycles. The highest BCUT2D eigenvalue weighted by molar-refractivity contribution is 5.59. The van der Waals surface area contributed by atoms with Crippen molar-refractivity contribution < 1.29 is 4.39 Å². The van der Waals surface area contributed by atoms with E-state index in [1.807, 2.05) is 13.0 Å². The fraction of sp³-hybridized carbons (Fsp3) is 0.375. The Balaban J connectivity index is 2.48. The lowest BCUT2D eigenvalue weighted by molar-refractivity contribution is 0.628. The third-order valence-corrected chi connectivity index (χ3v) is 3.21.